The van der Waals surface area contributed by atoms with Crippen LogP contribution in [0.3, 0.4) is 0 Å². The lowest BCUT2D eigenvalue weighted by Crippen LogP contribution is -2.31. The Labute approximate surface area is 156 Å². The molecule has 1 aromatic carbocycles. The zero-order valence-electron chi connectivity index (χ0n) is 14.4. The van der Waals surface area contributed by atoms with E-state index in [1.807, 2.05) is 30.3 Å². The standard InChI is InChI=1S/C18H22N4O3S/c23-15(19-12-14-8-5-11-25-14)9-4-10-16-21-22-18(26-16)17(24)20-13-6-2-1-3-7-13/h1-3,6-7,14H,4-5,8-12H2,(H,19,23)(H,20,24). The monoisotopic (exact) mass is 374 g/mol. The molecule has 1 aliphatic heterocycles. The number of rotatable bonds is 8. The Bertz CT molecular complexity index is 729. The molecule has 1 atom stereocenters. The second kappa shape index (κ2) is 9.40. The first kappa shape index (κ1) is 18.5. The van der Waals surface area contributed by atoms with Gasteiger partial charge in [0, 0.05) is 31.7 Å². The van der Waals surface area contributed by atoms with E-state index in [0.29, 0.717) is 30.8 Å². The highest BCUT2D eigenvalue weighted by molar-refractivity contribution is 7.13. The fraction of sp³-hybridized carbons (Fsp3) is 0.444. The summed E-state index contributed by atoms with van der Waals surface area (Å²) in [6.07, 6.45) is 3.97. The summed E-state index contributed by atoms with van der Waals surface area (Å²) in [5.41, 5.74) is 0.720. The van der Waals surface area contributed by atoms with Crippen LogP contribution in [0.2, 0.25) is 0 Å². The van der Waals surface area contributed by atoms with Gasteiger partial charge >= 0.3 is 0 Å². The van der Waals surface area contributed by atoms with Gasteiger partial charge in [0.05, 0.1) is 6.10 Å². The Balaban J connectivity index is 1.37. The number of aromatic nitrogens is 2. The summed E-state index contributed by atoms with van der Waals surface area (Å²) < 4.78 is 5.48. The van der Waals surface area contributed by atoms with Gasteiger partial charge in [-0.25, -0.2) is 0 Å². The van der Waals surface area contributed by atoms with Crippen LogP contribution in [0.1, 0.15) is 40.5 Å². The van der Waals surface area contributed by atoms with Gasteiger partial charge in [0.2, 0.25) is 10.9 Å². The molecule has 1 aliphatic rings. The van der Waals surface area contributed by atoms with E-state index in [0.717, 1.165) is 30.1 Å². The lowest BCUT2D eigenvalue weighted by atomic mass is 10.2. The molecular weight excluding hydrogens is 352 g/mol. The summed E-state index contributed by atoms with van der Waals surface area (Å²) >= 11 is 1.26. The van der Waals surface area contributed by atoms with Gasteiger partial charge in [-0.3, -0.25) is 9.59 Å². The molecule has 0 radical (unpaired) electrons. The molecule has 26 heavy (non-hydrogen) atoms. The molecule has 2 heterocycles. The topological polar surface area (TPSA) is 93.2 Å². The Morgan fingerprint density at radius 2 is 2.08 bits per heavy atom. The fourth-order valence-electron chi connectivity index (χ4n) is 2.67. The van der Waals surface area contributed by atoms with Crippen molar-refractivity contribution in [1.29, 1.82) is 0 Å². The number of aryl methyl sites for hydroxylation is 1. The highest BCUT2D eigenvalue weighted by Crippen LogP contribution is 2.15. The molecule has 1 aromatic heterocycles. The Morgan fingerprint density at radius 3 is 2.85 bits per heavy atom. The van der Waals surface area contributed by atoms with Gasteiger partial charge in [-0.1, -0.05) is 29.5 Å². The number of nitrogens with zero attached hydrogens (tertiary/aromatic N) is 2. The third kappa shape index (κ3) is 5.60. The quantitative estimate of drug-likeness (QED) is 0.740. The molecule has 138 valence electrons. The Hall–Kier alpha value is -2.32. The molecule has 0 spiro atoms. The van der Waals surface area contributed by atoms with Crippen LogP contribution < -0.4 is 10.6 Å². The maximum atomic E-state index is 12.1. The lowest BCUT2D eigenvalue weighted by molar-refractivity contribution is -0.121. The molecule has 2 N–H and O–H groups in total. The number of para-hydroxylation sites is 1. The zero-order valence-corrected chi connectivity index (χ0v) is 15.3. The lowest BCUT2D eigenvalue weighted by Gasteiger charge is -2.10. The minimum absolute atomic E-state index is 0.0204. The highest BCUT2D eigenvalue weighted by Gasteiger charge is 2.16. The van der Waals surface area contributed by atoms with Crippen LogP contribution in [0.4, 0.5) is 5.69 Å². The van der Waals surface area contributed by atoms with Gasteiger partial charge in [0.15, 0.2) is 0 Å². The number of hydrogen-bond acceptors (Lipinski definition) is 6. The van der Waals surface area contributed by atoms with Gasteiger partial charge in [-0.05, 0) is 31.4 Å². The predicted octanol–water partition coefficient (Wildman–Crippen LogP) is 2.41. The Morgan fingerprint density at radius 1 is 1.23 bits per heavy atom. The molecule has 8 heteroatoms. The van der Waals surface area contributed by atoms with Crippen molar-refractivity contribution in [3.8, 4) is 0 Å². The normalized spacial score (nSPS) is 16.4. The van der Waals surface area contributed by atoms with E-state index < -0.39 is 0 Å². The van der Waals surface area contributed by atoms with Gasteiger partial charge in [0.1, 0.15) is 5.01 Å². The maximum absolute atomic E-state index is 12.1. The summed E-state index contributed by atoms with van der Waals surface area (Å²) in [5.74, 6) is -0.249. The molecule has 3 rings (SSSR count). The summed E-state index contributed by atoms with van der Waals surface area (Å²) in [5, 5.41) is 14.7. The second-order valence-corrected chi connectivity index (χ2v) is 7.18. The number of carbonyl (C=O) groups excluding carboxylic acids is 2. The number of anilines is 1. The number of ether oxygens (including phenoxy) is 1. The summed E-state index contributed by atoms with van der Waals surface area (Å²) in [7, 11) is 0. The average molecular weight is 374 g/mol. The molecule has 0 aliphatic carbocycles. The van der Waals surface area contributed by atoms with Crippen molar-refractivity contribution in [1.82, 2.24) is 15.5 Å². The third-order valence-corrected chi connectivity index (χ3v) is 5.02. The molecule has 2 amide bonds. The highest BCUT2D eigenvalue weighted by atomic mass is 32.1. The van der Waals surface area contributed by atoms with Crippen molar-refractivity contribution in [3.63, 3.8) is 0 Å². The zero-order chi connectivity index (χ0) is 18.2. The van der Waals surface area contributed by atoms with Crippen LogP contribution in [-0.2, 0) is 16.0 Å². The van der Waals surface area contributed by atoms with Crippen molar-refractivity contribution in [3.05, 3.63) is 40.3 Å². The number of amides is 2. The van der Waals surface area contributed by atoms with Crippen molar-refractivity contribution in [2.45, 2.75) is 38.2 Å². The number of nitrogens with one attached hydrogen (secondary N) is 2. The molecule has 0 bridgehead atoms. The van der Waals surface area contributed by atoms with Crippen molar-refractivity contribution in [2.24, 2.45) is 0 Å². The smallest absolute Gasteiger partial charge is 0.286 e. The van der Waals surface area contributed by atoms with E-state index in [1.165, 1.54) is 11.3 Å². The minimum atomic E-state index is -0.269. The minimum Gasteiger partial charge on any atom is -0.376 e. The first-order valence-electron chi connectivity index (χ1n) is 8.78. The molecule has 1 saturated heterocycles. The van der Waals surface area contributed by atoms with Crippen LogP contribution in [0.15, 0.2) is 30.3 Å². The first-order chi connectivity index (χ1) is 12.7. The van der Waals surface area contributed by atoms with Crippen LogP contribution in [0.5, 0.6) is 0 Å². The first-order valence-corrected chi connectivity index (χ1v) is 9.59. The van der Waals surface area contributed by atoms with Crippen LogP contribution in [-0.4, -0.2) is 41.3 Å². The third-order valence-electron chi connectivity index (χ3n) is 4.04. The van der Waals surface area contributed by atoms with Gasteiger partial charge in [0.25, 0.3) is 5.91 Å². The Kier molecular flexibility index (Phi) is 6.68. The van der Waals surface area contributed by atoms with E-state index in [2.05, 4.69) is 20.8 Å². The molecule has 7 nitrogen and oxygen atoms in total. The van der Waals surface area contributed by atoms with Crippen molar-refractivity contribution >= 4 is 28.8 Å². The molecule has 1 unspecified atom stereocenters. The molecule has 2 aromatic rings. The fourth-order valence-corrected chi connectivity index (χ4v) is 3.45. The van der Waals surface area contributed by atoms with Crippen LogP contribution in [0, 0.1) is 0 Å². The predicted molar refractivity (Wildman–Crippen MR) is 99.2 cm³/mol. The largest absolute Gasteiger partial charge is 0.376 e. The number of carbonyl (C=O) groups is 2. The van der Waals surface area contributed by atoms with Gasteiger partial charge < -0.3 is 15.4 Å². The molecule has 1 fully saturated rings. The maximum Gasteiger partial charge on any atom is 0.286 e. The van der Waals surface area contributed by atoms with Crippen molar-refractivity contribution < 1.29 is 14.3 Å². The summed E-state index contributed by atoms with van der Waals surface area (Å²) in [4.78, 5) is 24.0. The van der Waals surface area contributed by atoms with Gasteiger partial charge in [-0.2, -0.15) is 0 Å². The van der Waals surface area contributed by atoms with E-state index in [4.69, 9.17) is 4.74 Å². The summed E-state index contributed by atoms with van der Waals surface area (Å²) in [6.45, 7) is 1.37. The SMILES string of the molecule is O=C(CCCc1nnc(C(=O)Nc2ccccc2)s1)NCC1CCCO1. The van der Waals surface area contributed by atoms with E-state index in [-0.39, 0.29) is 17.9 Å². The molecule has 0 saturated carbocycles. The van der Waals surface area contributed by atoms with Crippen LogP contribution in [0.25, 0.3) is 0 Å². The second-order valence-electron chi connectivity index (χ2n) is 6.11. The van der Waals surface area contributed by atoms with E-state index >= 15 is 0 Å². The number of benzene rings is 1. The average Bonchev–Trinajstić information content (AvgIpc) is 3.33. The number of hydrogen-bond donors (Lipinski definition) is 2. The summed E-state index contributed by atoms with van der Waals surface area (Å²) in [6, 6.07) is 9.22. The van der Waals surface area contributed by atoms with E-state index in [9.17, 15) is 9.59 Å². The molecular formula is C18H22N4O3S. The van der Waals surface area contributed by atoms with Crippen molar-refractivity contribution in [2.75, 3.05) is 18.5 Å². The van der Waals surface area contributed by atoms with Gasteiger partial charge in [-0.15, -0.1) is 10.2 Å². The van der Waals surface area contributed by atoms with Crippen LogP contribution >= 0.6 is 11.3 Å². The van der Waals surface area contributed by atoms with E-state index in [1.54, 1.807) is 0 Å².